The Bertz CT molecular complexity index is 611. The number of aliphatic imine (C=N–C) groups is 1. The molecule has 0 saturated carbocycles. The molecule has 0 aliphatic rings. The number of halogens is 3. The third-order valence-electron chi connectivity index (χ3n) is 2.47. The first-order valence-electron chi connectivity index (χ1n) is 6.15. The number of nitrogens with zero attached hydrogens (tertiary/aromatic N) is 1. The van der Waals surface area contributed by atoms with E-state index in [9.17, 15) is 8.42 Å². The van der Waals surface area contributed by atoms with E-state index in [-0.39, 0.29) is 30.5 Å². The molecule has 0 aliphatic heterocycles. The van der Waals surface area contributed by atoms with Crippen LogP contribution in [-0.2, 0) is 16.6 Å². The molecule has 0 aromatic heterocycles. The van der Waals surface area contributed by atoms with Gasteiger partial charge in [0.25, 0.3) is 0 Å². The van der Waals surface area contributed by atoms with Gasteiger partial charge in [0.15, 0.2) is 5.96 Å². The summed E-state index contributed by atoms with van der Waals surface area (Å²) >= 11 is 11.9. The summed E-state index contributed by atoms with van der Waals surface area (Å²) in [5.74, 6) is 0.552. The summed E-state index contributed by atoms with van der Waals surface area (Å²) in [4.78, 5) is 4.03. The van der Waals surface area contributed by atoms with Gasteiger partial charge in [-0.05, 0) is 17.7 Å². The van der Waals surface area contributed by atoms with Crippen molar-refractivity contribution in [3.05, 3.63) is 33.8 Å². The summed E-state index contributed by atoms with van der Waals surface area (Å²) in [7, 11) is -1.55. The van der Waals surface area contributed by atoms with Crippen LogP contribution in [0.25, 0.3) is 0 Å². The zero-order valence-corrected chi connectivity index (χ0v) is 16.8. The van der Waals surface area contributed by atoms with Crippen LogP contribution in [0.1, 0.15) is 5.56 Å². The predicted octanol–water partition coefficient (Wildman–Crippen LogP) is 1.83. The van der Waals surface area contributed by atoms with E-state index < -0.39 is 10.0 Å². The van der Waals surface area contributed by atoms with Gasteiger partial charge in [-0.25, -0.2) is 13.1 Å². The number of rotatable bonds is 6. The fraction of sp³-hybridized carbons (Fsp3) is 0.417. The predicted molar refractivity (Wildman–Crippen MR) is 103 cm³/mol. The Hall–Kier alpha value is -0.290. The molecule has 22 heavy (non-hydrogen) atoms. The smallest absolute Gasteiger partial charge is 0.208 e. The van der Waals surface area contributed by atoms with Gasteiger partial charge in [-0.2, -0.15) is 0 Å². The standard InChI is InChI=1S/C12H18Cl2N4O2S.HI/c1-15-12(16-5-6-18-21(2,19)20)17-8-9-3-4-10(13)7-11(9)14;/h3-4,7,18H,5-6,8H2,1-2H3,(H2,15,16,17);1H. The fourth-order valence-electron chi connectivity index (χ4n) is 1.48. The molecule has 0 atom stereocenters. The average Bonchev–Trinajstić information content (AvgIpc) is 2.38. The zero-order chi connectivity index (χ0) is 15.9. The average molecular weight is 481 g/mol. The van der Waals surface area contributed by atoms with Crippen molar-refractivity contribution in [3.63, 3.8) is 0 Å². The maximum atomic E-state index is 10.9. The van der Waals surface area contributed by atoms with Gasteiger partial charge >= 0.3 is 0 Å². The van der Waals surface area contributed by atoms with Crippen LogP contribution >= 0.6 is 47.2 Å². The first kappa shape index (κ1) is 21.7. The van der Waals surface area contributed by atoms with Crippen LogP contribution in [0.5, 0.6) is 0 Å². The van der Waals surface area contributed by atoms with E-state index in [1.54, 1.807) is 19.2 Å². The van der Waals surface area contributed by atoms with Crippen molar-refractivity contribution in [2.75, 3.05) is 26.4 Å². The maximum Gasteiger partial charge on any atom is 0.208 e. The summed E-state index contributed by atoms with van der Waals surface area (Å²) < 4.78 is 24.2. The van der Waals surface area contributed by atoms with Crippen molar-refractivity contribution in [3.8, 4) is 0 Å². The number of nitrogens with one attached hydrogen (secondary N) is 3. The highest BCUT2D eigenvalue weighted by atomic mass is 127. The molecule has 0 radical (unpaired) electrons. The first-order chi connectivity index (χ1) is 9.81. The number of guanidine groups is 1. The van der Waals surface area contributed by atoms with Crippen molar-refractivity contribution in [2.24, 2.45) is 4.99 Å². The van der Waals surface area contributed by atoms with E-state index in [1.165, 1.54) is 0 Å². The van der Waals surface area contributed by atoms with Crippen LogP contribution in [0, 0.1) is 0 Å². The van der Waals surface area contributed by atoms with Crippen LogP contribution in [0.4, 0.5) is 0 Å². The normalized spacial score (nSPS) is 11.7. The van der Waals surface area contributed by atoms with E-state index in [0.29, 0.717) is 29.1 Å². The van der Waals surface area contributed by atoms with E-state index in [0.717, 1.165) is 11.8 Å². The van der Waals surface area contributed by atoms with Gasteiger partial charge in [-0.15, -0.1) is 24.0 Å². The second-order valence-corrected chi connectivity index (χ2v) is 6.93. The highest BCUT2D eigenvalue weighted by Crippen LogP contribution is 2.20. The Balaban J connectivity index is 0.00000441. The summed E-state index contributed by atoms with van der Waals surface area (Å²) in [6.45, 7) is 1.18. The minimum Gasteiger partial charge on any atom is -0.355 e. The number of benzene rings is 1. The van der Waals surface area contributed by atoms with Gasteiger partial charge in [0.2, 0.25) is 10.0 Å². The Labute approximate surface area is 158 Å². The number of hydrogen-bond acceptors (Lipinski definition) is 3. The van der Waals surface area contributed by atoms with Crippen molar-refractivity contribution >= 4 is 63.2 Å². The van der Waals surface area contributed by atoms with E-state index in [4.69, 9.17) is 23.2 Å². The van der Waals surface area contributed by atoms with E-state index in [2.05, 4.69) is 20.3 Å². The van der Waals surface area contributed by atoms with Crippen LogP contribution in [-0.4, -0.2) is 40.8 Å². The Morgan fingerprint density at radius 2 is 1.91 bits per heavy atom. The van der Waals surface area contributed by atoms with Crippen molar-refractivity contribution in [1.29, 1.82) is 0 Å². The number of hydrogen-bond donors (Lipinski definition) is 3. The lowest BCUT2D eigenvalue weighted by molar-refractivity contribution is 0.586. The topological polar surface area (TPSA) is 82.6 Å². The molecule has 0 bridgehead atoms. The molecule has 3 N–H and O–H groups in total. The largest absolute Gasteiger partial charge is 0.355 e. The summed E-state index contributed by atoms with van der Waals surface area (Å²) in [6.07, 6.45) is 1.11. The molecule has 0 spiro atoms. The maximum absolute atomic E-state index is 10.9. The van der Waals surface area contributed by atoms with E-state index >= 15 is 0 Å². The highest BCUT2D eigenvalue weighted by molar-refractivity contribution is 14.0. The van der Waals surface area contributed by atoms with Crippen molar-refractivity contribution in [1.82, 2.24) is 15.4 Å². The molecule has 0 aliphatic carbocycles. The molecule has 1 aromatic rings. The van der Waals surface area contributed by atoms with E-state index in [1.807, 2.05) is 6.07 Å². The van der Waals surface area contributed by atoms with Gasteiger partial charge in [0.05, 0.1) is 6.26 Å². The SMILES string of the molecule is CN=C(NCCNS(C)(=O)=O)NCc1ccc(Cl)cc1Cl.I. The van der Waals surface area contributed by atoms with Gasteiger partial charge in [0, 0.05) is 36.7 Å². The number of sulfonamides is 1. The third-order valence-corrected chi connectivity index (χ3v) is 3.78. The quantitative estimate of drug-likeness (QED) is 0.251. The summed E-state index contributed by atoms with van der Waals surface area (Å²) in [5.41, 5.74) is 0.887. The molecular formula is C12H19Cl2IN4O2S. The summed E-state index contributed by atoms with van der Waals surface area (Å²) in [6, 6.07) is 5.26. The van der Waals surface area contributed by atoms with Gasteiger partial charge in [-0.1, -0.05) is 29.3 Å². The Kier molecular flexibility index (Phi) is 10.3. The second kappa shape index (κ2) is 10.5. The van der Waals surface area contributed by atoms with Crippen LogP contribution in [0.2, 0.25) is 10.0 Å². The lowest BCUT2D eigenvalue weighted by atomic mass is 10.2. The molecule has 0 saturated heterocycles. The Morgan fingerprint density at radius 1 is 1.23 bits per heavy atom. The van der Waals surface area contributed by atoms with Crippen molar-refractivity contribution in [2.45, 2.75) is 6.54 Å². The van der Waals surface area contributed by atoms with Crippen molar-refractivity contribution < 1.29 is 8.42 Å². The second-order valence-electron chi connectivity index (χ2n) is 4.25. The third kappa shape index (κ3) is 8.99. The molecule has 6 nitrogen and oxygen atoms in total. The molecule has 10 heteroatoms. The Morgan fingerprint density at radius 3 is 2.45 bits per heavy atom. The molecule has 0 amide bonds. The molecule has 0 unspecified atom stereocenters. The molecular weight excluding hydrogens is 462 g/mol. The molecule has 0 fully saturated rings. The lowest BCUT2D eigenvalue weighted by Crippen LogP contribution is -2.41. The molecule has 1 rings (SSSR count). The minimum atomic E-state index is -3.17. The minimum absolute atomic E-state index is 0. The van der Waals surface area contributed by atoms with Crippen LogP contribution in [0.3, 0.4) is 0 Å². The lowest BCUT2D eigenvalue weighted by Gasteiger charge is -2.12. The van der Waals surface area contributed by atoms with Gasteiger partial charge in [0.1, 0.15) is 0 Å². The van der Waals surface area contributed by atoms with Crippen LogP contribution in [0.15, 0.2) is 23.2 Å². The first-order valence-corrected chi connectivity index (χ1v) is 8.79. The van der Waals surface area contributed by atoms with Gasteiger partial charge in [-0.3, -0.25) is 4.99 Å². The fourth-order valence-corrected chi connectivity index (χ4v) is 2.43. The van der Waals surface area contributed by atoms with Gasteiger partial charge < -0.3 is 10.6 Å². The molecule has 126 valence electrons. The zero-order valence-electron chi connectivity index (χ0n) is 12.2. The molecule has 1 aromatic carbocycles. The summed E-state index contributed by atoms with van der Waals surface area (Å²) in [5, 5.41) is 7.22. The highest BCUT2D eigenvalue weighted by Gasteiger charge is 2.04. The molecule has 0 heterocycles. The van der Waals surface area contributed by atoms with Crippen LogP contribution < -0.4 is 15.4 Å². The monoisotopic (exact) mass is 480 g/mol.